The number of nitrogens with one attached hydrogen (secondary N) is 2. The molecule has 2 aliphatic heterocycles. The van der Waals surface area contributed by atoms with Gasteiger partial charge in [-0.15, -0.1) is 11.3 Å². The lowest BCUT2D eigenvalue weighted by atomic mass is 10.1. The summed E-state index contributed by atoms with van der Waals surface area (Å²) in [5.41, 5.74) is 3.25. The van der Waals surface area contributed by atoms with E-state index in [4.69, 9.17) is 4.74 Å². The number of amides is 2. The van der Waals surface area contributed by atoms with Crippen molar-refractivity contribution in [1.82, 2.24) is 15.2 Å². The molecule has 188 valence electrons. The Bertz CT molecular complexity index is 1250. The van der Waals surface area contributed by atoms with Gasteiger partial charge in [-0.05, 0) is 56.1 Å². The Kier molecular flexibility index (Phi) is 7.17. The molecule has 0 aliphatic carbocycles. The zero-order valence-corrected chi connectivity index (χ0v) is 21.3. The number of aromatic nitrogens is 1. The number of carbonyl (C=O) groups excluding carboxylic acids is 2. The molecule has 3 aromatic rings. The fourth-order valence-corrected chi connectivity index (χ4v) is 5.25. The molecule has 0 spiro atoms. The molecular formula is C26H30N6O3S. The maximum absolute atomic E-state index is 13.1. The lowest BCUT2D eigenvalue weighted by Gasteiger charge is -2.30. The smallest absolute Gasteiger partial charge is 0.265 e. The summed E-state index contributed by atoms with van der Waals surface area (Å²) in [6.45, 7) is 5.40. The van der Waals surface area contributed by atoms with Gasteiger partial charge in [-0.3, -0.25) is 19.5 Å². The van der Waals surface area contributed by atoms with Gasteiger partial charge in [0.15, 0.2) is 0 Å². The number of anilines is 3. The number of likely N-dealkylation sites (N-methyl/N-ethyl adjacent to an activating group) is 1. The van der Waals surface area contributed by atoms with Crippen molar-refractivity contribution in [3.8, 4) is 5.75 Å². The summed E-state index contributed by atoms with van der Waals surface area (Å²) in [7, 11) is 4.00. The van der Waals surface area contributed by atoms with Crippen molar-refractivity contribution in [2.24, 2.45) is 0 Å². The molecule has 0 unspecified atom stereocenters. The van der Waals surface area contributed by atoms with E-state index in [1.807, 2.05) is 44.4 Å². The predicted octanol–water partition coefficient (Wildman–Crippen LogP) is 2.91. The highest BCUT2D eigenvalue weighted by Gasteiger charge is 2.30. The van der Waals surface area contributed by atoms with Crippen LogP contribution >= 0.6 is 11.3 Å². The third-order valence-corrected chi connectivity index (χ3v) is 7.38. The van der Waals surface area contributed by atoms with Crippen molar-refractivity contribution in [2.45, 2.75) is 6.54 Å². The second-order valence-electron chi connectivity index (χ2n) is 9.08. The number of benzene rings is 1. The van der Waals surface area contributed by atoms with Gasteiger partial charge in [0.1, 0.15) is 12.4 Å². The van der Waals surface area contributed by atoms with Crippen molar-refractivity contribution in [1.29, 1.82) is 0 Å². The van der Waals surface area contributed by atoms with Gasteiger partial charge >= 0.3 is 0 Å². The molecule has 5 rings (SSSR count). The first-order chi connectivity index (χ1) is 17.5. The summed E-state index contributed by atoms with van der Waals surface area (Å²) >= 11 is 1.31. The van der Waals surface area contributed by atoms with E-state index in [0.29, 0.717) is 29.3 Å². The topological polar surface area (TPSA) is 90.0 Å². The number of hydrogen-bond acceptors (Lipinski definition) is 8. The Labute approximate surface area is 214 Å². The molecular weight excluding hydrogens is 476 g/mol. The first-order valence-corrected chi connectivity index (χ1v) is 12.8. The SMILES string of the molecule is CN(C)CCOc1ccc2c(c1)CN(c1ccc(C(=O)Nc3cnccc3N3CCNCC3)s1)C2=O. The third kappa shape index (κ3) is 5.20. The molecule has 1 saturated heterocycles. The van der Waals surface area contributed by atoms with Crippen LogP contribution in [-0.2, 0) is 6.54 Å². The number of fused-ring (bicyclic) bond motifs is 1. The average molecular weight is 507 g/mol. The number of piperazine rings is 1. The van der Waals surface area contributed by atoms with Gasteiger partial charge in [-0.25, -0.2) is 0 Å². The number of ether oxygens (including phenoxy) is 1. The van der Waals surface area contributed by atoms with Crippen LogP contribution in [0.3, 0.4) is 0 Å². The fraction of sp³-hybridized carbons (Fsp3) is 0.346. The largest absolute Gasteiger partial charge is 0.492 e. The Morgan fingerprint density at radius 1 is 1.19 bits per heavy atom. The Morgan fingerprint density at radius 3 is 2.83 bits per heavy atom. The molecule has 0 radical (unpaired) electrons. The first-order valence-electron chi connectivity index (χ1n) is 12.0. The monoisotopic (exact) mass is 506 g/mol. The zero-order valence-electron chi connectivity index (χ0n) is 20.5. The van der Waals surface area contributed by atoms with Crippen molar-refractivity contribution in [3.63, 3.8) is 0 Å². The van der Waals surface area contributed by atoms with Gasteiger partial charge in [0.05, 0.1) is 34.0 Å². The van der Waals surface area contributed by atoms with E-state index in [2.05, 4.69) is 25.4 Å². The second kappa shape index (κ2) is 10.7. The molecule has 36 heavy (non-hydrogen) atoms. The quantitative estimate of drug-likeness (QED) is 0.486. The Morgan fingerprint density at radius 2 is 2.03 bits per heavy atom. The van der Waals surface area contributed by atoms with Crippen LogP contribution in [0.4, 0.5) is 16.4 Å². The van der Waals surface area contributed by atoms with E-state index in [1.54, 1.807) is 23.4 Å². The van der Waals surface area contributed by atoms with Crippen molar-refractivity contribution in [2.75, 3.05) is 68.5 Å². The fourth-order valence-electron chi connectivity index (χ4n) is 4.35. The number of pyridine rings is 1. The third-order valence-electron chi connectivity index (χ3n) is 6.27. The van der Waals surface area contributed by atoms with Gasteiger partial charge in [0, 0.05) is 44.5 Å². The molecule has 2 aromatic heterocycles. The van der Waals surface area contributed by atoms with Crippen molar-refractivity contribution < 1.29 is 14.3 Å². The van der Waals surface area contributed by atoms with Crippen LogP contribution in [0.5, 0.6) is 5.75 Å². The molecule has 2 N–H and O–H groups in total. The summed E-state index contributed by atoms with van der Waals surface area (Å²) in [5, 5.41) is 7.10. The van der Waals surface area contributed by atoms with Crippen LogP contribution in [0.2, 0.25) is 0 Å². The number of carbonyl (C=O) groups is 2. The summed E-state index contributed by atoms with van der Waals surface area (Å²) in [4.78, 5) is 36.9. The zero-order chi connectivity index (χ0) is 25.1. The minimum absolute atomic E-state index is 0.0631. The minimum Gasteiger partial charge on any atom is -0.492 e. The molecule has 10 heteroatoms. The highest BCUT2D eigenvalue weighted by atomic mass is 32.1. The molecule has 4 heterocycles. The number of hydrogen-bond donors (Lipinski definition) is 2. The lowest BCUT2D eigenvalue weighted by molar-refractivity contribution is 0.0995. The standard InChI is InChI=1S/C26H30N6O3S/c1-30(2)13-14-35-19-3-4-20-18(15-19)17-32(26(20)34)24-6-5-23(36-24)25(33)29-21-16-28-8-7-22(21)31-11-9-27-10-12-31/h3-8,15-16,27H,9-14,17H2,1-2H3,(H,29,33). The van der Waals surface area contributed by atoms with E-state index in [9.17, 15) is 9.59 Å². The summed E-state index contributed by atoms with van der Waals surface area (Å²) in [5.74, 6) is 0.483. The molecule has 2 aliphatic rings. The van der Waals surface area contributed by atoms with Crippen LogP contribution in [-0.4, -0.2) is 75.1 Å². The second-order valence-corrected chi connectivity index (χ2v) is 10.1. The van der Waals surface area contributed by atoms with E-state index in [-0.39, 0.29) is 11.8 Å². The number of rotatable bonds is 8. The molecule has 0 saturated carbocycles. The van der Waals surface area contributed by atoms with E-state index in [0.717, 1.165) is 54.7 Å². The highest BCUT2D eigenvalue weighted by Crippen LogP contribution is 2.35. The molecule has 0 bridgehead atoms. The summed E-state index contributed by atoms with van der Waals surface area (Å²) in [6, 6.07) is 11.1. The molecule has 2 amide bonds. The molecule has 1 fully saturated rings. The Hall–Kier alpha value is -3.47. The van der Waals surface area contributed by atoms with E-state index in [1.165, 1.54) is 11.3 Å². The summed E-state index contributed by atoms with van der Waals surface area (Å²) < 4.78 is 5.83. The Balaban J connectivity index is 1.27. The summed E-state index contributed by atoms with van der Waals surface area (Å²) in [6.07, 6.45) is 3.42. The number of nitrogens with zero attached hydrogens (tertiary/aromatic N) is 4. The van der Waals surface area contributed by atoms with Gasteiger partial charge in [-0.1, -0.05) is 0 Å². The highest BCUT2D eigenvalue weighted by molar-refractivity contribution is 7.18. The van der Waals surface area contributed by atoms with Gasteiger partial charge in [0.25, 0.3) is 11.8 Å². The average Bonchev–Trinajstić information content (AvgIpc) is 3.50. The normalized spacial score (nSPS) is 15.4. The van der Waals surface area contributed by atoms with Gasteiger partial charge < -0.3 is 25.2 Å². The number of thiophene rings is 1. The van der Waals surface area contributed by atoms with Gasteiger partial charge in [0.2, 0.25) is 0 Å². The van der Waals surface area contributed by atoms with Crippen LogP contribution in [0, 0.1) is 0 Å². The first kappa shape index (κ1) is 24.2. The maximum atomic E-state index is 13.1. The lowest BCUT2D eigenvalue weighted by Crippen LogP contribution is -2.43. The van der Waals surface area contributed by atoms with Crippen LogP contribution in [0.15, 0.2) is 48.8 Å². The van der Waals surface area contributed by atoms with Crippen molar-refractivity contribution >= 4 is 39.5 Å². The molecule has 1 aromatic carbocycles. The van der Waals surface area contributed by atoms with Gasteiger partial charge in [-0.2, -0.15) is 0 Å². The van der Waals surface area contributed by atoms with Crippen molar-refractivity contribution in [3.05, 3.63) is 64.8 Å². The van der Waals surface area contributed by atoms with Crippen LogP contribution in [0.25, 0.3) is 0 Å². The predicted molar refractivity (Wildman–Crippen MR) is 143 cm³/mol. The minimum atomic E-state index is -0.212. The molecule has 9 nitrogen and oxygen atoms in total. The van der Waals surface area contributed by atoms with Crippen LogP contribution < -0.4 is 25.2 Å². The van der Waals surface area contributed by atoms with Crippen LogP contribution in [0.1, 0.15) is 25.6 Å². The van der Waals surface area contributed by atoms with E-state index < -0.39 is 0 Å². The maximum Gasteiger partial charge on any atom is 0.265 e. The van der Waals surface area contributed by atoms with E-state index >= 15 is 0 Å². The molecule has 0 atom stereocenters.